The Morgan fingerprint density at radius 3 is 2.69 bits per heavy atom. The Kier molecular flexibility index (Phi) is 8.89. The monoisotopic (exact) mass is 440 g/mol. The highest BCUT2D eigenvalue weighted by atomic mass is 16.5. The van der Waals surface area contributed by atoms with Crippen LogP contribution in [0, 0.1) is 5.92 Å². The number of aromatic nitrogens is 2. The number of methoxy groups -OCH3 is 1. The summed E-state index contributed by atoms with van der Waals surface area (Å²) in [4.78, 5) is 29.3. The molecule has 0 radical (unpaired) electrons. The van der Waals surface area contributed by atoms with Gasteiger partial charge in [0, 0.05) is 18.4 Å². The highest BCUT2D eigenvalue weighted by molar-refractivity contribution is 5.93. The van der Waals surface area contributed by atoms with E-state index in [4.69, 9.17) is 9.15 Å². The SMILES string of the molecule is CCCCc1ncc(C=C(CC2CCCC2)C(=O)OC)n1Cc1ccc(C(=O)CCC)o1. The number of unbranched alkanes of at least 4 members (excludes halogenated alkanes) is 1. The number of hydrogen-bond acceptors (Lipinski definition) is 5. The number of Topliss-reactive ketones (excluding diaryl/α,β-unsaturated/α-hetero) is 1. The molecule has 0 unspecified atom stereocenters. The lowest BCUT2D eigenvalue weighted by Crippen LogP contribution is -2.11. The molecule has 1 saturated carbocycles. The third-order valence-electron chi connectivity index (χ3n) is 6.20. The standard InChI is InChI=1S/C26H36N2O4/c1-4-6-12-25-27-17-21(16-20(26(30)31-3)15-19-10-7-8-11-19)28(25)18-22-13-14-24(32-22)23(29)9-5-2/h13-14,16-17,19H,4-12,15,18H2,1-3H3. The van der Waals surface area contributed by atoms with Crippen molar-refractivity contribution in [3.05, 3.63) is 46.9 Å². The van der Waals surface area contributed by atoms with E-state index in [2.05, 4.69) is 16.5 Å². The van der Waals surface area contributed by atoms with Crippen molar-refractivity contribution in [2.24, 2.45) is 5.92 Å². The van der Waals surface area contributed by atoms with Crippen LogP contribution < -0.4 is 0 Å². The summed E-state index contributed by atoms with van der Waals surface area (Å²) < 4.78 is 13.0. The second kappa shape index (κ2) is 11.8. The highest BCUT2D eigenvalue weighted by Gasteiger charge is 2.22. The summed E-state index contributed by atoms with van der Waals surface area (Å²) in [5.74, 6) is 2.37. The number of imidazole rings is 1. The Morgan fingerprint density at radius 2 is 2.00 bits per heavy atom. The molecule has 6 heteroatoms. The Hall–Kier alpha value is -2.63. The van der Waals surface area contributed by atoms with Gasteiger partial charge in [0.2, 0.25) is 0 Å². The number of hydrogen-bond donors (Lipinski definition) is 0. The second-order valence-corrected chi connectivity index (χ2v) is 8.74. The number of aryl methyl sites for hydroxylation is 1. The summed E-state index contributed by atoms with van der Waals surface area (Å²) in [5.41, 5.74) is 1.56. The number of nitrogens with zero attached hydrogens (tertiary/aromatic N) is 2. The summed E-state index contributed by atoms with van der Waals surface area (Å²) in [7, 11) is 1.44. The number of rotatable bonds is 12. The largest absolute Gasteiger partial charge is 0.466 e. The summed E-state index contributed by atoms with van der Waals surface area (Å²) in [6.45, 7) is 4.61. The average Bonchev–Trinajstić information content (AvgIpc) is 3.54. The number of carbonyl (C=O) groups is 2. The molecular weight excluding hydrogens is 404 g/mol. The lowest BCUT2D eigenvalue weighted by molar-refractivity contribution is -0.136. The number of esters is 1. The number of ether oxygens (including phenoxy) is 1. The van der Waals surface area contributed by atoms with Crippen LogP contribution in [0.1, 0.15) is 99.5 Å². The van der Waals surface area contributed by atoms with Crippen LogP contribution in [0.2, 0.25) is 0 Å². The van der Waals surface area contributed by atoms with Gasteiger partial charge in [-0.25, -0.2) is 9.78 Å². The molecule has 0 amide bonds. The highest BCUT2D eigenvalue weighted by Crippen LogP contribution is 2.31. The fourth-order valence-corrected chi connectivity index (χ4v) is 4.42. The summed E-state index contributed by atoms with van der Waals surface area (Å²) in [6.07, 6.45) is 13.5. The first-order valence-electron chi connectivity index (χ1n) is 12.0. The van der Waals surface area contributed by atoms with Gasteiger partial charge in [-0.3, -0.25) is 4.79 Å². The van der Waals surface area contributed by atoms with Gasteiger partial charge >= 0.3 is 5.97 Å². The molecule has 1 fully saturated rings. The summed E-state index contributed by atoms with van der Waals surface area (Å²) >= 11 is 0. The zero-order chi connectivity index (χ0) is 22.9. The van der Waals surface area contributed by atoms with Crippen LogP contribution in [0.25, 0.3) is 6.08 Å². The molecule has 6 nitrogen and oxygen atoms in total. The Bertz CT molecular complexity index is 932. The van der Waals surface area contributed by atoms with E-state index in [9.17, 15) is 9.59 Å². The normalized spacial score (nSPS) is 14.8. The minimum absolute atomic E-state index is 0.0280. The maximum Gasteiger partial charge on any atom is 0.333 e. The molecule has 174 valence electrons. The molecule has 1 aliphatic carbocycles. The van der Waals surface area contributed by atoms with E-state index in [0.717, 1.165) is 56.5 Å². The Labute approximate surface area is 191 Å². The van der Waals surface area contributed by atoms with E-state index in [0.29, 0.717) is 36.0 Å². The fourth-order valence-electron chi connectivity index (χ4n) is 4.42. The Morgan fingerprint density at radius 1 is 1.22 bits per heavy atom. The molecule has 32 heavy (non-hydrogen) atoms. The predicted octanol–water partition coefficient (Wildman–Crippen LogP) is 5.99. The van der Waals surface area contributed by atoms with Crippen molar-refractivity contribution >= 4 is 17.8 Å². The van der Waals surface area contributed by atoms with Gasteiger partial charge in [0.25, 0.3) is 0 Å². The molecule has 2 heterocycles. The molecule has 2 aromatic rings. The van der Waals surface area contributed by atoms with Gasteiger partial charge in [-0.2, -0.15) is 0 Å². The third kappa shape index (κ3) is 6.21. The molecule has 0 bridgehead atoms. The zero-order valence-corrected chi connectivity index (χ0v) is 19.7. The van der Waals surface area contributed by atoms with Crippen molar-refractivity contribution in [2.45, 2.75) is 84.6 Å². The van der Waals surface area contributed by atoms with Gasteiger partial charge in [-0.15, -0.1) is 0 Å². The van der Waals surface area contributed by atoms with Crippen LogP contribution in [0.5, 0.6) is 0 Å². The van der Waals surface area contributed by atoms with Crippen molar-refractivity contribution < 1.29 is 18.7 Å². The maximum atomic E-state index is 12.5. The van der Waals surface area contributed by atoms with Crippen molar-refractivity contribution in [3.8, 4) is 0 Å². The first-order valence-corrected chi connectivity index (χ1v) is 12.0. The van der Waals surface area contributed by atoms with Crippen LogP contribution in [0.3, 0.4) is 0 Å². The van der Waals surface area contributed by atoms with Gasteiger partial charge in [-0.1, -0.05) is 46.0 Å². The number of ketones is 1. The first-order chi connectivity index (χ1) is 15.5. The Balaban J connectivity index is 1.89. The first kappa shape index (κ1) is 24.0. The molecule has 0 N–H and O–H groups in total. The van der Waals surface area contributed by atoms with Gasteiger partial charge in [0.15, 0.2) is 11.5 Å². The van der Waals surface area contributed by atoms with Crippen molar-refractivity contribution in [1.82, 2.24) is 9.55 Å². The number of furan rings is 1. The van der Waals surface area contributed by atoms with E-state index in [1.165, 1.54) is 20.0 Å². The molecule has 1 aliphatic rings. The van der Waals surface area contributed by atoms with Crippen LogP contribution in [-0.4, -0.2) is 28.4 Å². The molecule has 0 spiro atoms. The van der Waals surface area contributed by atoms with Gasteiger partial charge in [0.1, 0.15) is 11.6 Å². The third-order valence-corrected chi connectivity index (χ3v) is 6.20. The van der Waals surface area contributed by atoms with E-state index < -0.39 is 0 Å². The average molecular weight is 441 g/mol. The number of carbonyl (C=O) groups excluding carboxylic acids is 2. The second-order valence-electron chi connectivity index (χ2n) is 8.74. The molecule has 0 atom stereocenters. The molecular formula is C26H36N2O4. The van der Waals surface area contributed by atoms with Crippen LogP contribution >= 0.6 is 0 Å². The molecule has 0 aliphatic heterocycles. The predicted molar refractivity (Wildman–Crippen MR) is 124 cm³/mol. The van der Waals surface area contributed by atoms with Crippen LogP contribution in [-0.2, 0) is 22.5 Å². The van der Waals surface area contributed by atoms with Crippen LogP contribution in [0.15, 0.2) is 28.3 Å². The van der Waals surface area contributed by atoms with E-state index in [1.54, 1.807) is 6.07 Å². The van der Waals surface area contributed by atoms with Crippen LogP contribution in [0.4, 0.5) is 0 Å². The van der Waals surface area contributed by atoms with Crippen molar-refractivity contribution in [3.63, 3.8) is 0 Å². The quantitative estimate of drug-likeness (QED) is 0.230. The lowest BCUT2D eigenvalue weighted by Gasteiger charge is -2.13. The molecule has 2 aromatic heterocycles. The molecule has 0 saturated heterocycles. The summed E-state index contributed by atoms with van der Waals surface area (Å²) in [5, 5.41) is 0. The van der Waals surface area contributed by atoms with Crippen molar-refractivity contribution in [2.75, 3.05) is 7.11 Å². The summed E-state index contributed by atoms with van der Waals surface area (Å²) in [6, 6.07) is 3.62. The molecule has 3 rings (SSSR count). The van der Waals surface area contributed by atoms with Crippen molar-refractivity contribution in [1.29, 1.82) is 0 Å². The smallest absolute Gasteiger partial charge is 0.333 e. The zero-order valence-electron chi connectivity index (χ0n) is 19.7. The maximum absolute atomic E-state index is 12.5. The molecule has 0 aromatic carbocycles. The van der Waals surface area contributed by atoms with Gasteiger partial charge < -0.3 is 13.7 Å². The lowest BCUT2D eigenvalue weighted by atomic mass is 9.97. The minimum atomic E-state index is -0.273. The van der Waals surface area contributed by atoms with E-state index >= 15 is 0 Å². The minimum Gasteiger partial charge on any atom is -0.466 e. The fraction of sp³-hybridized carbons (Fsp3) is 0.577. The van der Waals surface area contributed by atoms with E-state index in [1.807, 2.05) is 25.3 Å². The van der Waals surface area contributed by atoms with Gasteiger partial charge in [0.05, 0.1) is 25.5 Å². The van der Waals surface area contributed by atoms with E-state index in [-0.39, 0.29) is 11.8 Å². The van der Waals surface area contributed by atoms with Gasteiger partial charge in [-0.05, 0) is 43.4 Å². The topological polar surface area (TPSA) is 74.3 Å².